The fourth-order valence-corrected chi connectivity index (χ4v) is 2.50. The van der Waals surface area contributed by atoms with E-state index in [0.29, 0.717) is 0 Å². The van der Waals surface area contributed by atoms with Gasteiger partial charge in [0.25, 0.3) is 0 Å². The molecule has 1 unspecified atom stereocenters. The second-order valence-electron chi connectivity index (χ2n) is 5.61. The minimum Gasteiger partial charge on any atom is -0.316 e. The number of nitrogens with one attached hydrogen (secondary N) is 1. The summed E-state index contributed by atoms with van der Waals surface area (Å²) in [6, 6.07) is 0. The van der Waals surface area contributed by atoms with Crippen LogP contribution in [0.1, 0.15) is 59.8 Å². The summed E-state index contributed by atoms with van der Waals surface area (Å²) < 4.78 is 0. The van der Waals surface area contributed by atoms with E-state index < -0.39 is 0 Å². The summed E-state index contributed by atoms with van der Waals surface area (Å²) in [5.41, 5.74) is 0. The molecule has 2 nitrogen and oxygen atoms in total. The monoisotopic (exact) mass is 256 g/mol. The Morgan fingerprint density at radius 2 is 1.72 bits per heavy atom. The molecule has 0 radical (unpaired) electrons. The van der Waals surface area contributed by atoms with E-state index in [1.807, 2.05) is 13.8 Å². The molecule has 0 amide bonds. The molecule has 2 heteroatoms. The van der Waals surface area contributed by atoms with Crippen molar-refractivity contribution in [1.29, 1.82) is 0 Å². The van der Waals surface area contributed by atoms with Crippen LogP contribution in [0.3, 0.4) is 0 Å². The maximum atomic E-state index is 3.33. The summed E-state index contributed by atoms with van der Waals surface area (Å²) in [6.45, 7) is 13.7. The van der Waals surface area contributed by atoms with Crippen molar-refractivity contribution in [2.75, 3.05) is 33.2 Å². The van der Waals surface area contributed by atoms with Gasteiger partial charge in [0.1, 0.15) is 0 Å². The molecule has 1 N–H and O–H groups in total. The van der Waals surface area contributed by atoms with E-state index in [2.05, 4.69) is 31.1 Å². The first-order valence-electron chi connectivity index (χ1n) is 8.11. The third-order valence-corrected chi connectivity index (χ3v) is 3.96. The van der Waals surface area contributed by atoms with E-state index in [4.69, 9.17) is 0 Å². The van der Waals surface area contributed by atoms with Crippen LogP contribution in [0.25, 0.3) is 0 Å². The van der Waals surface area contributed by atoms with E-state index in [1.54, 1.807) is 0 Å². The second kappa shape index (κ2) is 12.0. The zero-order chi connectivity index (χ0) is 13.8. The first kappa shape index (κ1) is 17.9. The number of piperidine rings is 2. The largest absolute Gasteiger partial charge is 0.316 e. The topological polar surface area (TPSA) is 15.3 Å². The van der Waals surface area contributed by atoms with Crippen molar-refractivity contribution in [3.05, 3.63) is 0 Å². The lowest BCUT2D eigenvalue weighted by Crippen LogP contribution is -2.29. The van der Waals surface area contributed by atoms with Gasteiger partial charge in [-0.1, -0.05) is 34.1 Å². The highest BCUT2D eigenvalue weighted by Crippen LogP contribution is 2.18. The maximum absolute atomic E-state index is 3.33. The Labute approximate surface area is 116 Å². The van der Waals surface area contributed by atoms with E-state index in [-0.39, 0.29) is 0 Å². The minimum atomic E-state index is 0.925. The lowest BCUT2D eigenvalue weighted by Gasteiger charge is -2.27. The maximum Gasteiger partial charge on any atom is -0.00191 e. The summed E-state index contributed by atoms with van der Waals surface area (Å²) in [5, 5.41) is 3.33. The lowest BCUT2D eigenvalue weighted by molar-refractivity contribution is 0.216. The number of nitrogens with zero attached hydrogens (tertiary/aromatic N) is 1. The van der Waals surface area contributed by atoms with Crippen LogP contribution in [0.2, 0.25) is 0 Å². The molecular formula is C16H36N2. The van der Waals surface area contributed by atoms with Crippen LogP contribution in [-0.2, 0) is 0 Å². The molecule has 2 fully saturated rings. The molecule has 0 spiro atoms. The normalized spacial score (nSPS) is 25.5. The van der Waals surface area contributed by atoms with Crippen LogP contribution in [0, 0.1) is 11.8 Å². The first-order valence-corrected chi connectivity index (χ1v) is 8.11. The summed E-state index contributed by atoms with van der Waals surface area (Å²) in [5.74, 6) is 1.95. The highest BCUT2D eigenvalue weighted by atomic mass is 15.1. The van der Waals surface area contributed by atoms with Gasteiger partial charge in [0.05, 0.1) is 0 Å². The summed E-state index contributed by atoms with van der Waals surface area (Å²) in [6.07, 6.45) is 7.03. The van der Waals surface area contributed by atoms with Gasteiger partial charge in [0, 0.05) is 0 Å². The van der Waals surface area contributed by atoms with Gasteiger partial charge in [-0.25, -0.2) is 0 Å². The number of hydrogen-bond donors (Lipinski definition) is 1. The third-order valence-electron chi connectivity index (χ3n) is 3.96. The molecule has 0 aliphatic carbocycles. The number of likely N-dealkylation sites (tertiary alicyclic amines) is 1. The van der Waals surface area contributed by atoms with Crippen molar-refractivity contribution in [2.45, 2.75) is 59.8 Å². The Hall–Kier alpha value is -0.0800. The van der Waals surface area contributed by atoms with Crippen molar-refractivity contribution in [3.8, 4) is 0 Å². The Morgan fingerprint density at radius 1 is 1.11 bits per heavy atom. The van der Waals surface area contributed by atoms with Crippen molar-refractivity contribution in [1.82, 2.24) is 10.2 Å². The highest BCUT2D eigenvalue weighted by molar-refractivity contribution is 4.67. The Balaban J connectivity index is 0.000000289. The van der Waals surface area contributed by atoms with Crippen molar-refractivity contribution in [2.24, 2.45) is 11.8 Å². The average Bonchev–Trinajstić information content (AvgIpc) is 2.43. The van der Waals surface area contributed by atoms with Crippen LogP contribution in [0.5, 0.6) is 0 Å². The average molecular weight is 256 g/mol. The van der Waals surface area contributed by atoms with Crippen LogP contribution >= 0.6 is 0 Å². The Kier molecular flexibility index (Phi) is 11.9. The van der Waals surface area contributed by atoms with Crippen molar-refractivity contribution >= 4 is 0 Å². The van der Waals surface area contributed by atoms with Gasteiger partial charge >= 0.3 is 0 Å². The number of rotatable bonds is 1. The van der Waals surface area contributed by atoms with Gasteiger partial charge in [-0.15, -0.1) is 0 Å². The zero-order valence-corrected chi connectivity index (χ0v) is 13.5. The van der Waals surface area contributed by atoms with Gasteiger partial charge in [0.2, 0.25) is 0 Å². The molecule has 18 heavy (non-hydrogen) atoms. The predicted octanol–water partition coefficient (Wildman–Crippen LogP) is 3.77. The predicted molar refractivity (Wildman–Crippen MR) is 83.1 cm³/mol. The molecule has 2 heterocycles. The summed E-state index contributed by atoms with van der Waals surface area (Å²) >= 11 is 0. The van der Waals surface area contributed by atoms with Gasteiger partial charge in [-0.3, -0.25) is 0 Å². The second-order valence-corrected chi connectivity index (χ2v) is 5.61. The molecule has 2 rings (SSSR count). The summed E-state index contributed by atoms with van der Waals surface area (Å²) in [7, 11) is 2.21. The van der Waals surface area contributed by atoms with Gasteiger partial charge in [0.15, 0.2) is 0 Å². The quantitative estimate of drug-likeness (QED) is 0.768. The standard InChI is InChI=1S/C8H17N.C6H13N.C2H6/c1-3-8-4-6-9(2)7-5-8;1-6-3-2-4-7-5-6;1-2/h8H,3-7H2,1-2H3;6-7H,2-5H2,1H3;1-2H3. The van der Waals surface area contributed by atoms with E-state index in [0.717, 1.165) is 11.8 Å². The Bertz CT molecular complexity index is 156. The smallest absolute Gasteiger partial charge is 0.00191 e. The highest BCUT2D eigenvalue weighted by Gasteiger charge is 2.13. The van der Waals surface area contributed by atoms with Gasteiger partial charge < -0.3 is 10.2 Å². The van der Waals surface area contributed by atoms with Crippen LogP contribution in [0.4, 0.5) is 0 Å². The molecule has 0 aromatic heterocycles. The lowest BCUT2D eigenvalue weighted by atomic mass is 9.95. The fraction of sp³-hybridized carbons (Fsp3) is 1.00. The first-order chi connectivity index (χ1) is 8.72. The molecule has 0 saturated carbocycles. The van der Waals surface area contributed by atoms with E-state index in [1.165, 1.54) is 58.3 Å². The van der Waals surface area contributed by atoms with Crippen LogP contribution in [-0.4, -0.2) is 38.1 Å². The van der Waals surface area contributed by atoms with E-state index in [9.17, 15) is 0 Å². The van der Waals surface area contributed by atoms with E-state index >= 15 is 0 Å². The minimum absolute atomic E-state index is 0.925. The SMILES string of the molecule is CC.CC1CCCNC1.CCC1CCN(C)CC1. The molecule has 0 aromatic rings. The Morgan fingerprint density at radius 3 is 2.06 bits per heavy atom. The molecule has 2 aliphatic heterocycles. The molecular weight excluding hydrogens is 220 g/mol. The zero-order valence-electron chi connectivity index (χ0n) is 13.5. The van der Waals surface area contributed by atoms with Crippen molar-refractivity contribution in [3.63, 3.8) is 0 Å². The van der Waals surface area contributed by atoms with Crippen LogP contribution < -0.4 is 5.32 Å². The molecule has 1 atom stereocenters. The third kappa shape index (κ3) is 8.93. The van der Waals surface area contributed by atoms with Crippen LogP contribution in [0.15, 0.2) is 0 Å². The molecule has 110 valence electrons. The van der Waals surface area contributed by atoms with Gasteiger partial charge in [-0.05, 0) is 70.7 Å². The van der Waals surface area contributed by atoms with Crippen molar-refractivity contribution < 1.29 is 0 Å². The molecule has 0 aromatic carbocycles. The molecule has 2 saturated heterocycles. The van der Waals surface area contributed by atoms with Gasteiger partial charge in [-0.2, -0.15) is 0 Å². The summed E-state index contributed by atoms with van der Waals surface area (Å²) in [4.78, 5) is 2.42. The molecule has 2 aliphatic rings. The molecule has 0 bridgehead atoms. The fourth-order valence-electron chi connectivity index (χ4n) is 2.50. The number of hydrogen-bond acceptors (Lipinski definition) is 2.